The molecule has 2 aromatic heterocycles. The summed E-state index contributed by atoms with van der Waals surface area (Å²) in [5.74, 6) is 3.17. The average Bonchev–Trinajstić information content (AvgIpc) is 3.04. The van der Waals surface area contributed by atoms with Crippen LogP contribution in [-0.4, -0.2) is 25.9 Å². The van der Waals surface area contributed by atoms with Crippen molar-refractivity contribution in [2.24, 2.45) is 0 Å². The van der Waals surface area contributed by atoms with Crippen molar-refractivity contribution >= 4 is 0 Å². The minimum Gasteiger partial charge on any atom is -0.474 e. The van der Waals surface area contributed by atoms with Gasteiger partial charge in [0.05, 0.1) is 5.69 Å². The Kier molecular flexibility index (Phi) is 5.16. The van der Waals surface area contributed by atoms with Gasteiger partial charge in [-0.25, -0.2) is 4.98 Å². The maximum Gasteiger partial charge on any atom is 0.213 e. The Morgan fingerprint density at radius 1 is 0.929 bits per heavy atom. The number of aryl methyl sites for hydroxylation is 4. The van der Waals surface area contributed by atoms with Crippen molar-refractivity contribution in [1.29, 1.82) is 0 Å². The summed E-state index contributed by atoms with van der Waals surface area (Å²) >= 11 is 0. The standard InChI is InChI=1S/C23H28N4O/c1-15-13-16(2)22(17(3)14-15)27-18(4)25-26-23(27)19-8-10-20(11-9-19)28-21-7-5-6-12-24-21/h5-7,12-14,19-20H,8-11H2,1-4H3/t19-,20-. The van der Waals surface area contributed by atoms with E-state index in [0.29, 0.717) is 5.92 Å². The van der Waals surface area contributed by atoms with E-state index in [1.807, 2.05) is 25.1 Å². The molecule has 4 rings (SSSR count). The molecule has 0 N–H and O–H groups in total. The molecule has 28 heavy (non-hydrogen) atoms. The van der Waals surface area contributed by atoms with Gasteiger partial charge in [-0.3, -0.25) is 4.57 Å². The highest BCUT2D eigenvalue weighted by molar-refractivity contribution is 5.50. The van der Waals surface area contributed by atoms with Gasteiger partial charge in [0.25, 0.3) is 0 Å². The van der Waals surface area contributed by atoms with E-state index in [4.69, 9.17) is 4.74 Å². The molecule has 146 valence electrons. The van der Waals surface area contributed by atoms with Crippen LogP contribution in [0, 0.1) is 27.7 Å². The van der Waals surface area contributed by atoms with E-state index in [-0.39, 0.29) is 6.10 Å². The fourth-order valence-electron chi connectivity index (χ4n) is 4.47. The third-order valence-corrected chi connectivity index (χ3v) is 5.67. The summed E-state index contributed by atoms with van der Waals surface area (Å²) in [6.07, 6.45) is 6.14. The predicted molar refractivity (Wildman–Crippen MR) is 110 cm³/mol. The van der Waals surface area contributed by atoms with Crippen LogP contribution in [0.1, 0.15) is 59.9 Å². The summed E-state index contributed by atoms with van der Waals surface area (Å²) < 4.78 is 8.33. The van der Waals surface area contributed by atoms with E-state index in [0.717, 1.165) is 43.2 Å². The fraction of sp³-hybridized carbons (Fsp3) is 0.435. The van der Waals surface area contributed by atoms with Crippen LogP contribution in [0.5, 0.6) is 5.88 Å². The number of nitrogens with zero attached hydrogens (tertiary/aromatic N) is 4. The van der Waals surface area contributed by atoms with Crippen LogP contribution in [0.4, 0.5) is 0 Å². The lowest BCUT2D eigenvalue weighted by Gasteiger charge is -2.29. The van der Waals surface area contributed by atoms with Gasteiger partial charge in [-0.2, -0.15) is 0 Å². The molecule has 5 heteroatoms. The molecule has 1 aliphatic rings. The molecule has 0 atom stereocenters. The molecule has 0 amide bonds. The van der Waals surface area contributed by atoms with Crippen molar-refractivity contribution in [3.05, 3.63) is 64.9 Å². The SMILES string of the molecule is Cc1cc(C)c(-n2c(C)nnc2[C@H]2CC[C@H](Oc3ccccn3)CC2)c(C)c1. The van der Waals surface area contributed by atoms with E-state index in [9.17, 15) is 0 Å². The minimum atomic E-state index is 0.228. The molecule has 0 aliphatic heterocycles. The summed E-state index contributed by atoms with van der Waals surface area (Å²) in [5.41, 5.74) is 5.07. The second kappa shape index (κ2) is 7.74. The Labute approximate surface area is 166 Å². The molecule has 1 aliphatic carbocycles. The zero-order chi connectivity index (χ0) is 19.7. The first-order valence-corrected chi connectivity index (χ1v) is 10.1. The lowest BCUT2D eigenvalue weighted by atomic mass is 9.86. The molecular weight excluding hydrogens is 348 g/mol. The second-order valence-corrected chi connectivity index (χ2v) is 7.95. The van der Waals surface area contributed by atoms with Gasteiger partial charge in [0.1, 0.15) is 17.8 Å². The number of hydrogen-bond donors (Lipinski definition) is 0. The van der Waals surface area contributed by atoms with Crippen molar-refractivity contribution in [3.8, 4) is 11.6 Å². The van der Waals surface area contributed by atoms with Crippen LogP contribution in [0.25, 0.3) is 5.69 Å². The summed E-state index contributed by atoms with van der Waals surface area (Å²) in [6, 6.07) is 10.3. The van der Waals surface area contributed by atoms with Crippen LogP contribution in [0.3, 0.4) is 0 Å². The summed E-state index contributed by atoms with van der Waals surface area (Å²) in [4.78, 5) is 4.28. The monoisotopic (exact) mass is 376 g/mol. The Bertz CT molecular complexity index is 933. The van der Waals surface area contributed by atoms with Crippen molar-refractivity contribution in [1.82, 2.24) is 19.7 Å². The number of rotatable bonds is 4. The molecule has 2 heterocycles. The molecule has 0 radical (unpaired) electrons. The minimum absolute atomic E-state index is 0.228. The molecule has 0 unspecified atom stereocenters. The molecule has 5 nitrogen and oxygen atoms in total. The zero-order valence-corrected chi connectivity index (χ0v) is 17.1. The highest BCUT2D eigenvalue weighted by atomic mass is 16.5. The number of ether oxygens (including phenoxy) is 1. The van der Waals surface area contributed by atoms with Gasteiger partial charge in [-0.15, -0.1) is 10.2 Å². The lowest BCUT2D eigenvalue weighted by molar-refractivity contribution is 0.139. The highest BCUT2D eigenvalue weighted by Gasteiger charge is 2.29. The van der Waals surface area contributed by atoms with Gasteiger partial charge in [0, 0.05) is 18.2 Å². The van der Waals surface area contributed by atoms with Crippen molar-refractivity contribution in [2.75, 3.05) is 0 Å². The van der Waals surface area contributed by atoms with Gasteiger partial charge in [0.15, 0.2) is 0 Å². The number of aromatic nitrogens is 4. The van der Waals surface area contributed by atoms with E-state index in [1.165, 1.54) is 22.4 Å². The second-order valence-electron chi connectivity index (χ2n) is 7.95. The summed E-state index contributed by atoms with van der Waals surface area (Å²) in [6.45, 7) is 8.55. The average molecular weight is 377 g/mol. The van der Waals surface area contributed by atoms with Crippen molar-refractivity contribution in [2.45, 2.75) is 65.4 Å². The molecular formula is C23H28N4O. The lowest BCUT2D eigenvalue weighted by Crippen LogP contribution is -2.25. The smallest absolute Gasteiger partial charge is 0.213 e. The number of hydrogen-bond acceptors (Lipinski definition) is 4. The first-order valence-electron chi connectivity index (χ1n) is 10.1. The largest absolute Gasteiger partial charge is 0.474 e. The van der Waals surface area contributed by atoms with Crippen LogP contribution >= 0.6 is 0 Å². The highest BCUT2D eigenvalue weighted by Crippen LogP contribution is 2.36. The van der Waals surface area contributed by atoms with Crippen LogP contribution in [0.2, 0.25) is 0 Å². The van der Waals surface area contributed by atoms with E-state index in [1.54, 1.807) is 6.20 Å². The van der Waals surface area contributed by atoms with Crippen LogP contribution < -0.4 is 4.74 Å². The van der Waals surface area contributed by atoms with Crippen LogP contribution in [-0.2, 0) is 0 Å². The van der Waals surface area contributed by atoms with Gasteiger partial charge < -0.3 is 4.74 Å². The Morgan fingerprint density at radius 2 is 1.64 bits per heavy atom. The fourth-order valence-corrected chi connectivity index (χ4v) is 4.47. The van der Waals surface area contributed by atoms with Gasteiger partial charge in [-0.05, 0) is 70.6 Å². The van der Waals surface area contributed by atoms with Crippen LogP contribution in [0.15, 0.2) is 36.5 Å². The molecule has 0 bridgehead atoms. The third kappa shape index (κ3) is 3.66. The maximum absolute atomic E-state index is 6.06. The zero-order valence-electron chi connectivity index (χ0n) is 17.1. The maximum atomic E-state index is 6.06. The Hall–Kier alpha value is -2.69. The normalized spacial score (nSPS) is 19.6. The summed E-state index contributed by atoms with van der Waals surface area (Å²) in [5, 5.41) is 9.02. The topological polar surface area (TPSA) is 52.8 Å². The first kappa shape index (κ1) is 18.7. The number of benzene rings is 1. The molecule has 1 fully saturated rings. The van der Waals surface area contributed by atoms with Gasteiger partial charge in [-0.1, -0.05) is 23.8 Å². The van der Waals surface area contributed by atoms with E-state index >= 15 is 0 Å². The molecule has 0 spiro atoms. The molecule has 3 aromatic rings. The number of pyridine rings is 1. The third-order valence-electron chi connectivity index (χ3n) is 5.67. The quantitative estimate of drug-likeness (QED) is 0.643. The van der Waals surface area contributed by atoms with Gasteiger partial charge in [0.2, 0.25) is 5.88 Å². The van der Waals surface area contributed by atoms with Gasteiger partial charge >= 0.3 is 0 Å². The first-order chi connectivity index (χ1) is 13.5. The Balaban J connectivity index is 1.54. The summed E-state index contributed by atoms with van der Waals surface area (Å²) in [7, 11) is 0. The molecule has 0 saturated heterocycles. The van der Waals surface area contributed by atoms with Crippen molar-refractivity contribution in [3.63, 3.8) is 0 Å². The molecule has 1 aromatic carbocycles. The molecule has 1 saturated carbocycles. The van der Waals surface area contributed by atoms with E-state index in [2.05, 4.69) is 52.7 Å². The van der Waals surface area contributed by atoms with Crippen molar-refractivity contribution < 1.29 is 4.74 Å². The van der Waals surface area contributed by atoms with E-state index < -0.39 is 0 Å². The Morgan fingerprint density at radius 3 is 2.29 bits per heavy atom. The predicted octanol–water partition coefficient (Wildman–Crippen LogP) is 5.00.